The van der Waals surface area contributed by atoms with Gasteiger partial charge in [-0.15, -0.1) is 0 Å². The Morgan fingerprint density at radius 1 is 0.891 bits per heavy atom. The number of nitrogens with one attached hydrogen (secondary N) is 1. The first kappa shape index (κ1) is 33.9. The summed E-state index contributed by atoms with van der Waals surface area (Å²) in [6.07, 6.45) is 1.13. The summed E-state index contributed by atoms with van der Waals surface area (Å²) in [6, 6.07) is 19.8. The summed E-state index contributed by atoms with van der Waals surface area (Å²) in [4.78, 5) is 40.0. The van der Waals surface area contributed by atoms with Crippen molar-refractivity contribution in [2.75, 3.05) is 27.7 Å². The van der Waals surface area contributed by atoms with E-state index in [1.54, 1.807) is 88.1 Å². The molecule has 1 aliphatic rings. The monoisotopic (exact) mass is 646 g/mol. The number of amides is 1. The van der Waals surface area contributed by atoms with Crippen molar-refractivity contribution in [2.45, 2.75) is 58.6 Å². The molecule has 12 heteroatoms. The number of hydrogen-bond acceptors (Lipinski definition) is 9. The lowest BCUT2D eigenvalue weighted by Gasteiger charge is -2.24. The highest BCUT2D eigenvalue weighted by molar-refractivity contribution is 7.92. The molecule has 1 heterocycles. The van der Waals surface area contributed by atoms with Gasteiger partial charge in [0.05, 0.1) is 34.1 Å². The number of anilines is 3. The van der Waals surface area contributed by atoms with Crippen LogP contribution in [0.4, 0.5) is 17.1 Å². The molecule has 0 saturated heterocycles. The standard InChI is InChI=1S/C34H38N4O7S/c1-22(2)44-32(39)20-37(21-33(40)45-23(3)4)29-13-12-26(24(5)18-29)19-31-25(6)35-38(34(31)41)28-14-16-30(17-15-28)46(42,43)36-27-10-8-7-9-11-27/h7-19,22-23,36H,20-21H2,1-6H3/b31-19-. The molecule has 0 spiro atoms. The number of nitrogens with zero attached hydrogens (tertiary/aromatic N) is 3. The third-order valence-corrected chi connectivity index (χ3v) is 8.17. The van der Waals surface area contributed by atoms with Gasteiger partial charge in [0.25, 0.3) is 15.9 Å². The van der Waals surface area contributed by atoms with Gasteiger partial charge in [-0.2, -0.15) is 10.1 Å². The molecular weight excluding hydrogens is 608 g/mol. The molecule has 1 amide bonds. The second kappa shape index (κ2) is 14.4. The zero-order valence-electron chi connectivity index (χ0n) is 26.7. The van der Waals surface area contributed by atoms with Gasteiger partial charge < -0.3 is 14.4 Å². The number of hydrogen-bond donors (Lipinski definition) is 1. The first-order valence-corrected chi connectivity index (χ1v) is 16.3. The molecular formula is C34H38N4O7S. The number of aryl methyl sites for hydroxylation is 1. The van der Waals surface area contributed by atoms with Crippen LogP contribution in [0, 0.1) is 6.92 Å². The topological polar surface area (TPSA) is 135 Å². The van der Waals surface area contributed by atoms with Gasteiger partial charge in [-0.05, 0) is 107 Å². The van der Waals surface area contributed by atoms with E-state index in [0.717, 1.165) is 11.1 Å². The molecule has 0 bridgehead atoms. The van der Waals surface area contributed by atoms with E-state index in [-0.39, 0.29) is 36.1 Å². The zero-order chi connectivity index (χ0) is 33.6. The Morgan fingerprint density at radius 2 is 1.48 bits per heavy atom. The highest BCUT2D eigenvalue weighted by Crippen LogP contribution is 2.28. The number of ether oxygens (including phenoxy) is 2. The molecule has 11 nitrogen and oxygen atoms in total. The van der Waals surface area contributed by atoms with Crippen molar-refractivity contribution in [1.29, 1.82) is 0 Å². The highest BCUT2D eigenvalue weighted by atomic mass is 32.2. The molecule has 4 rings (SSSR count). The highest BCUT2D eigenvalue weighted by Gasteiger charge is 2.29. The predicted octanol–water partition coefficient (Wildman–Crippen LogP) is 5.31. The van der Waals surface area contributed by atoms with E-state index in [1.165, 1.54) is 29.3 Å². The Labute approximate surface area is 269 Å². The average molecular weight is 647 g/mol. The predicted molar refractivity (Wildman–Crippen MR) is 178 cm³/mol. The Bertz CT molecular complexity index is 1740. The van der Waals surface area contributed by atoms with E-state index in [2.05, 4.69) is 9.82 Å². The van der Waals surface area contributed by atoms with Crippen LogP contribution in [0.2, 0.25) is 0 Å². The molecule has 1 N–H and O–H groups in total. The Balaban J connectivity index is 1.53. The van der Waals surface area contributed by atoms with Gasteiger partial charge in [0.2, 0.25) is 0 Å². The molecule has 0 saturated carbocycles. The number of benzene rings is 3. The smallest absolute Gasteiger partial charge is 0.325 e. The summed E-state index contributed by atoms with van der Waals surface area (Å²) in [7, 11) is -3.82. The quantitative estimate of drug-likeness (QED) is 0.207. The van der Waals surface area contributed by atoms with E-state index in [0.29, 0.717) is 28.3 Å². The SMILES string of the molecule is CC1=NN(c2ccc(S(=O)(=O)Nc3ccccc3)cc2)C(=O)/C1=C\c1ccc(N(CC(=O)OC(C)C)CC(=O)OC(C)C)cc1C. The number of carbonyl (C=O) groups excluding carboxylic acids is 3. The summed E-state index contributed by atoms with van der Waals surface area (Å²) >= 11 is 0. The van der Waals surface area contributed by atoms with Crippen LogP contribution < -0.4 is 14.6 Å². The van der Waals surface area contributed by atoms with Crippen molar-refractivity contribution in [1.82, 2.24) is 0 Å². The van der Waals surface area contributed by atoms with E-state index in [1.807, 2.05) is 13.0 Å². The molecule has 0 fully saturated rings. The number of rotatable bonds is 12. The van der Waals surface area contributed by atoms with Gasteiger partial charge in [0, 0.05) is 11.4 Å². The van der Waals surface area contributed by atoms with Crippen LogP contribution in [0.25, 0.3) is 6.08 Å². The number of carbonyl (C=O) groups is 3. The molecule has 46 heavy (non-hydrogen) atoms. The lowest BCUT2D eigenvalue weighted by atomic mass is 10.0. The minimum Gasteiger partial charge on any atom is -0.462 e. The normalized spacial score (nSPS) is 14.1. The Morgan fingerprint density at radius 3 is 2.02 bits per heavy atom. The summed E-state index contributed by atoms with van der Waals surface area (Å²) < 4.78 is 38.7. The minimum absolute atomic E-state index is 0.0444. The van der Waals surface area contributed by atoms with E-state index in [4.69, 9.17) is 9.47 Å². The van der Waals surface area contributed by atoms with Gasteiger partial charge in [-0.25, -0.2) is 8.42 Å². The van der Waals surface area contributed by atoms with E-state index in [9.17, 15) is 22.8 Å². The number of sulfonamides is 1. The molecule has 0 unspecified atom stereocenters. The first-order chi connectivity index (χ1) is 21.7. The van der Waals surface area contributed by atoms with Crippen molar-refractivity contribution < 1.29 is 32.3 Å². The third-order valence-electron chi connectivity index (χ3n) is 6.77. The Kier molecular flexibility index (Phi) is 10.6. The number of para-hydroxylation sites is 1. The fourth-order valence-corrected chi connectivity index (χ4v) is 5.73. The van der Waals surface area contributed by atoms with Crippen LogP contribution in [-0.4, -0.2) is 57.3 Å². The zero-order valence-corrected chi connectivity index (χ0v) is 27.5. The fraction of sp³-hybridized carbons (Fsp3) is 0.294. The van der Waals surface area contributed by atoms with Crippen LogP contribution >= 0.6 is 0 Å². The average Bonchev–Trinajstić information content (AvgIpc) is 3.25. The maximum atomic E-state index is 13.5. The van der Waals surface area contributed by atoms with E-state index < -0.39 is 22.0 Å². The van der Waals surface area contributed by atoms with Crippen molar-refractivity contribution in [2.24, 2.45) is 5.10 Å². The largest absolute Gasteiger partial charge is 0.462 e. The maximum absolute atomic E-state index is 13.5. The van der Waals surface area contributed by atoms with Crippen LogP contribution in [0.5, 0.6) is 0 Å². The molecule has 0 radical (unpaired) electrons. The second-order valence-corrected chi connectivity index (χ2v) is 13.0. The van der Waals surface area contributed by atoms with Crippen molar-refractivity contribution in [3.63, 3.8) is 0 Å². The van der Waals surface area contributed by atoms with Crippen LogP contribution in [0.15, 0.2) is 88.4 Å². The van der Waals surface area contributed by atoms with Crippen molar-refractivity contribution >= 4 is 56.7 Å². The van der Waals surface area contributed by atoms with E-state index >= 15 is 0 Å². The van der Waals surface area contributed by atoms with Gasteiger partial charge >= 0.3 is 11.9 Å². The summed E-state index contributed by atoms with van der Waals surface area (Å²) in [5, 5.41) is 5.65. The first-order valence-electron chi connectivity index (χ1n) is 14.8. The van der Waals surface area contributed by atoms with Crippen LogP contribution in [-0.2, 0) is 33.9 Å². The van der Waals surface area contributed by atoms with Crippen molar-refractivity contribution in [3.05, 3.63) is 89.5 Å². The molecule has 3 aromatic rings. The minimum atomic E-state index is -3.82. The summed E-state index contributed by atoms with van der Waals surface area (Å²) in [5.41, 5.74) is 3.87. The Hall–Kier alpha value is -4.97. The van der Waals surface area contributed by atoms with Gasteiger partial charge in [-0.3, -0.25) is 19.1 Å². The molecule has 242 valence electrons. The van der Waals surface area contributed by atoms with Crippen molar-refractivity contribution in [3.8, 4) is 0 Å². The molecule has 0 aliphatic carbocycles. The second-order valence-electron chi connectivity index (χ2n) is 11.3. The van der Waals surface area contributed by atoms with Crippen LogP contribution in [0.1, 0.15) is 45.7 Å². The molecule has 0 atom stereocenters. The number of hydrazone groups is 1. The van der Waals surface area contributed by atoms with Crippen LogP contribution in [0.3, 0.4) is 0 Å². The van der Waals surface area contributed by atoms with Gasteiger partial charge in [0.1, 0.15) is 13.1 Å². The molecule has 1 aliphatic heterocycles. The summed E-state index contributed by atoms with van der Waals surface area (Å²) in [5.74, 6) is -1.32. The van der Waals surface area contributed by atoms with Gasteiger partial charge in [0.15, 0.2) is 0 Å². The third kappa shape index (κ3) is 8.60. The maximum Gasteiger partial charge on any atom is 0.325 e. The van der Waals surface area contributed by atoms with Gasteiger partial charge in [-0.1, -0.05) is 24.3 Å². The summed E-state index contributed by atoms with van der Waals surface area (Å²) in [6.45, 7) is 10.3. The fourth-order valence-electron chi connectivity index (χ4n) is 4.67. The molecule has 3 aromatic carbocycles. The lowest BCUT2D eigenvalue weighted by Crippen LogP contribution is -2.37. The molecule has 0 aromatic heterocycles. The lowest BCUT2D eigenvalue weighted by molar-refractivity contribution is -0.146. The number of esters is 2.